The lowest BCUT2D eigenvalue weighted by Gasteiger charge is -2.45. The topological polar surface area (TPSA) is 99.6 Å². The van der Waals surface area contributed by atoms with E-state index in [0.29, 0.717) is 5.57 Å². The summed E-state index contributed by atoms with van der Waals surface area (Å²) >= 11 is 1.55. The fourth-order valence-corrected chi connectivity index (χ4v) is 7.56. The number of amides is 2. The number of hydrogen-bond acceptors (Lipinski definition) is 7. The van der Waals surface area contributed by atoms with Crippen molar-refractivity contribution in [2.45, 2.75) is 23.1 Å². The molecule has 0 aliphatic carbocycles. The third-order valence-corrected chi connectivity index (χ3v) is 9.15. The molecule has 7 nitrogen and oxygen atoms in total. The van der Waals surface area contributed by atoms with Gasteiger partial charge in [0.2, 0.25) is 11.8 Å². The van der Waals surface area contributed by atoms with Gasteiger partial charge in [0.05, 0.1) is 22.6 Å². The normalized spacial score (nSPS) is 18.3. The molecule has 1 saturated heterocycles. The Morgan fingerprint density at radius 3 is 2.64 bits per heavy atom. The van der Waals surface area contributed by atoms with Crippen molar-refractivity contribution in [1.29, 1.82) is 0 Å². The lowest BCUT2D eigenvalue weighted by Crippen LogP contribution is -2.60. The molecule has 2 amide bonds. The smallest absolute Gasteiger partial charge is 0.323 e. The van der Waals surface area contributed by atoms with E-state index in [1.807, 2.05) is 54.6 Å². The highest BCUT2D eigenvalue weighted by atomic mass is 33.1. The van der Waals surface area contributed by atoms with Crippen LogP contribution in [0.2, 0.25) is 0 Å². The van der Waals surface area contributed by atoms with Crippen LogP contribution in [0.15, 0.2) is 70.7 Å². The van der Waals surface area contributed by atoms with E-state index < -0.39 is 11.9 Å². The highest BCUT2D eigenvalue weighted by molar-refractivity contribution is 8.77. The summed E-state index contributed by atoms with van der Waals surface area (Å²) in [4.78, 5) is 42.2. The van der Waals surface area contributed by atoms with Gasteiger partial charge in [0.15, 0.2) is 4.34 Å². The number of likely N-dealkylation sites (tertiary alicyclic amines) is 1. The number of carbonyl (C=O) groups excluding carboxylic acids is 2. The Kier molecular flexibility index (Phi) is 7.36. The first-order valence-electron chi connectivity index (χ1n) is 10.1. The Hall–Kier alpha value is -2.82. The van der Waals surface area contributed by atoms with Gasteiger partial charge in [-0.2, -0.15) is 0 Å². The second kappa shape index (κ2) is 10.4. The van der Waals surface area contributed by atoms with Crippen molar-refractivity contribution in [2.24, 2.45) is 5.92 Å². The van der Waals surface area contributed by atoms with Crippen molar-refractivity contribution < 1.29 is 19.5 Å². The Morgan fingerprint density at radius 1 is 1.18 bits per heavy atom. The lowest BCUT2D eigenvalue weighted by molar-refractivity contribution is -0.155. The number of thiazole rings is 1. The highest BCUT2D eigenvalue weighted by Gasteiger charge is 2.49. The van der Waals surface area contributed by atoms with Gasteiger partial charge in [-0.05, 0) is 41.0 Å². The number of carboxylic acids is 1. The molecule has 2 aromatic carbocycles. The Labute approximate surface area is 202 Å². The number of fused-ring (bicyclic) bond motifs is 1. The summed E-state index contributed by atoms with van der Waals surface area (Å²) in [6.07, 6.45) is 1.79. The molecule has 0 radical (unpaired) electrons. The zero-order valence-electron chi connectivity index (χ0n) is 17.6. The molecule has 2 atom stereocenters. The summed E-state index contributed by atoms with van der Waals surface area (Å²) in [7, 11) is 2.84. The van der Waals surface area contributed by atoms with Crippen LogP contribution >= 0.6 is 32.9 Å². The number of aliphatic carboxylic acids is 1. The minimum atomic E-state index is -1.06. The van der Waals surface area contributed by atoms with Crippen LogP contribution < -0.4 is 5.32 Å². The SMILES string of the molecule is CC(=CNC(=O)Cc1ccccc1)C1C(=O)N(CC(=O)O)C1SSc1nc2ccccc2s1. The summed E-state index contributed by atoms with van der Waals surface area (Å²) in [5, 5.41) is 11.6. The van der Waals surface area contributed by atoms with Crippen LogP contribution in [-0.4, -0.2) is 44.7 Å². The average molecular weight is 500 g/mol. The number of β-lactam (4-membered cyclic amide) rings is 1. The summed E-state index contributed by atoms with van der Waals surface area (Å²) in [5.41, 5.74) is 2.49. The molecule has 0 bridgehead atoms. The Morgan fingerprint density at radius 2 is 1.91 bits per heavy atom. The van der Waals surface area contributed by atoms with Crippen molar-refractivity contribution in [1.82, 2.24) is 15.2 Å². The maximum atomic E-state index is 12.7. The quantitative estimate of drug-likeness (QED) is 0.337. The molecule has 1 aliphatic heterocycles. The third-order valence-electron chi connectivity index (χ3n) is 5.10. The highest BCUT2D eigenvalue weighted by Crippen LogP contribution is 2.47. The van der Waals surface area contributed by atoms with Gasteiger partial charge < -0.3 is 15.3 Å². The first-order valence-corrected chi connectivity index (χ1v) is 13.2. The van der Waals surface area contributed by atoms with Crippen LogP contribution in [0, 0.1) is 5.92 Å². The number of nitrogens with one attached hydrogen (secondary N) is 1. The molecular weight excluding hydrogens is 478 g/mol. The molecule has 1 aromatic heterocycles. The maximum absolute atomic E-state index is 12.7. The van der Waals surface area contributed by atoms with Gasteiger partial charge in [-0.15, -0.1) is 11.3 Å². The fourth-order valence-electron chi connectivity index (χ4n) is 3.46. The fraction of sp³-hybridized carbons (Fsp3) is 0.217. The molecule has 33 heavy (non-hydrogen) atoms. The maximum Gasteiger partial charge on any atom is 0.323 e. The predicted molar refractivity (Wildman–Crippen MR) is 132 cm³/mol. The predicted octanol–water partition coefficient (Wildman–Crippen LogP) is 4.17. The Balaban J connectivity index is 1.42. The molecule has 0 spiro atoms. The summed E-state index contributed by atoms with van der Waals surface area (Å²) in [5.74, 6) is -2.00. The average Bonchev–Trinajstić information content (AvgIpc) is 3.22. The molecule has 1 fully saturated rings. The summed E-state index contributed by atoms with van der Waals surface area (Å²) in [6.45, 7) is 1.42. The molecule has 2 N–H and O–H groups in total. The molecule has 0 saturated carbocycles. The largest absolute Gasteiger partial charge is 0.480 e. The van der Waals surface area contributed by atoms with Gasteiger partial charge in [-0.25, -0.2) is 4.98 Å². The van der Waals surface area contributed by atoms with Crippen LogP contribution in [0.25, 0.3) is 10.2 Å². The first-order chi connectivity index (χ1) is 15.9. The van der Waals surface area contributed by atoms with Gasteiger partial charge in [0, 0.05) is 6.20 Å². The van der Waals surface area contributed by atoms with Gasteiger partial charge in [-0.3, -0.25) is 14.4 Å². The number of rotatable bonds is 9. The molecule has 4 rings (SSSR count). The number of nitrogens with zero attached hydrogens (tertiary/aromatic N) is 2. The second-order valence-electron chi connectivity index (χ2n) is 7.47. The van der Waals surface area contributed by atoms with Gasteiger partial charge >= 0.3 is 5.97 Å². The Bertz CT molecular complexity index is 1180. The number of carbonyl (C=O) groups is 3. The molecule has 170 valence electrons. The third kappa shape index (κ3) is 5.58. The van der Waals surface area contributed by atoms with Gasteiger partial charge in [0.25, 0.3) is 0 Å². The van der Waals surface area contributed by atoms with Crippen LogP contribution in [-0.2, 0) is 20.8 Å². The number of para-hydroxylation sites is 1. The molecular formula is C23H21N3O4S3. The lowest BCUT2D eigenvalue weighted by atomic mass is 9.91. The number of aromatic nitrogens is 1. The van der Waals surface area contributed by atoms with Crippen LogP contribution in [0.5, 0.6) is 0 Å². The van der Waals surface area contributed by atoms with Crippen molar-refractivity contribution in [3.05, 3.63) is 71.9 Å². The van der Waals surface area contributed by atoms with Crippen molar-refractivity contribution in [3.8, 4) is 0 Å². The summed E-state index contributed by atoms with van der Waals surface area (Å²) in [6, 6.07) is 17.2. The van der Waals surface area contributed by atoms with Crippen molar-refractivity contribution >= 4 is 60.9 Å². The minimum Gasteiger partial charge on any atom is -0.480 e. The number of carboxylic acid groups (broad SMARTS) is 1. The van der Waals surface area contributed by atoms with Crippen LogP contribution in [0.1, 0.15) is 12.5 Å². The van der Waals surface area contributed by atoms with Crippen molar-refractivity contribution in [2.75, 3.05) is 6.54 Å². The molecule has 2 unspecified atom stereocenters. The monoisotopic (exact) mass is 499 g/mol. The molecule has 2 heterocycles. The molecule has 10 heteroatoms. The minimum absolute atomic E-state index is 0.178. The van der Waals surface area contributed by atoms with Gasteiger partial charge in [0.1, 0.15) is 11.9 Å². The van der Waals surface area contributed by atoms with E-state index >= 15 is 0 Å². The van der Waals surface area contributed by atoms with E-state index in [4.69, 9.17) is 0 Å². The van der Waals surface area contributed by atoms with E-state index in [0.717, 1.165) is 20.1 Å². The van der Waals surface area contributed by atoms with E-state index in [9.17, 15) is 19.5 Å². The van der Waals surface area contributed by atoms with Crippen molar-refractivity contribution in [3.63, 3.8) is 0 Å². The zero-order valence-corrected chi connectivity index (χ0v) is 20.1. The second-order valence-corrected chi connectivity index (χ2v) is 11.1. The standard InChI is InChI=1S/C23H21N3O4S3/c1-14(12-24-18(27)11-15-7-3-2-4-8-15)20-21(30)26(13-19(28)29)22(20)32-33-23-25-16-9-5-6-10-17(16)31-23/h2-10,12,20,22H,11,13H2,1H3,(H,24,27)(H,28,29). The van der Waals surface area contributed by atoms with E-state index in [1.165, 1.54) is 26.5 Å². The number of hydrogen-bond donors (Lipinski definition) is 2. The van der Waals surface area contributed by atoms with Crippen LogP contribution in [0.3, 0.4) is 0 Å². The van der Waals surface area contributed by atoms with Gasteiger partial charge in [-0.1, -0.05) is 53.3 Å². The first kappa shape index (κ1) is 23.3. The van der Waals surface area contributed by atoms with E-state index in [1.54, 1.807) is 24.5 Å². The molecule has 1 aliphatic rings. The van der Waals surface area contributed by atoms with Crippen LogP contribution in [0.4, 0.5) is 0 Å². The zero-order chi connectivity index (χ0) is 23.4. The van der Waals surface area contributed by atoms with E-state index in [2.05, 4.69) is 10.3 Å². The summed E-state index contributed by atoms with van der Waals surface area (Å²) < 4.78 is 1.91. The number of benzene rings is 2. The van der Waals surface area contributed by atoms with E-state index in [-0.39, 0.29) is 30.2 Å². The molecule has 3 aromatic rings.